The first kappa shape index (κ1) is 22.7. The maximum absolute atomic E-state index is 13.3. The van der Waals surface area contributed by atoms with Gasteiger partial charge in [-0.3, -0.25) is 9.89 Å². The van der Waals surface area contributed by atoms with Crippen LogP contribution in [0.5, 0.6) is 0 Å². The van der Waals surface area contributed by atoms with Gasteiger partial charge < -0.3 is 20.3 Å². The summed E-state index contributed by atoms with van der Waals surface area (Å²) in [6.45, 7) is 4.85. The molecule has 1 aromatic heterocycles. The van der Waals surface area contributed by atoms with Gasteiger partial charge in [-0.05, 0) is 43.2 Å². The van der Waals surface area contributed by atoms with Crippen molar-refractivity contribution in [2.75, 3.05) is 60.5 Å². The van der Waals surface area contributed by atoms with Gasteiger partial charge in [0, 0.05) is 38.1 Å². The van der Waals surface area contributed by atoms with E-state index in [1.807, 2.05) is 26.2 Å². The summed E-state index contributed by atoms with van der Waals surface area (Å²) < 4.78 is 18.8. The molecule has 0 bridgehead atoms. The van der Waals surface area contributed by atoms with E-state index in [2.05, 4.69) is 42.9 Å². The molecule has 3 rings (SSSR count). The lowest BCUT2D eigenvalue weighted by Gasteiger charge is -2.34. The molecule has 0 radical (unpaired) electrons. The molecule has 1 aromatic carbocycles. The van der Waals surface area contributed by atoms with Crippen molar-refractivity contribution in [2.45, 2.75) is 12.1 Å². The number of nitrogens with zero attached hydrogens (tertiary/aromatic N) is 3. The fourth-order valence-corrected chi connectivity index (χ4v) is 4.53. The monoisotopic (exact) mass is 433 g/mol. The average Bonchev–Trinajstić information content (AvgIpc) is 3.29. The highest BCUT2D eigenvalue weighted by Crippen LogP contribution is 2.25. The van der Waals surface area contributed by atoms with Crippen LogP contribution in [-0.2, 0) is 4.74 Å². The van der Waals surface area contributed by atoms with Crippen LogP contribution in [0.3, 0.4) is 0 Å². The van der Waals surface area contributed by atoms with Crippen LogP contribution in [0.15, 0.2) is 46.8 Å². The molecular weight excluding hydrogens is 401 g/mol. The summed E-state index contributed by atoms with van der Waals surface area (Å²) in [5, 5.41) is 9.05. The van der Waals surface area contributed by atoms with Crippen LogP contribution in [-0.4, -0.2) is 76.3 Å². The maximum atomic E-state index is 13.3. The lowest BCUT2D eigenvalue weighted by atomic mass is 10.1. The van der Waals surface area contributed by atoms with E-state index in [-0.39, 0.29) is 17.9 Å². The largest absolute Gasteiger partial charge is 0.379 e. The fraction of sp³-hybridized carbons (Fsp3) is 0.500. The molecule has 30 heavy (non-hydrogen) atoms. The van der Waals surface area contributed by atoms with Gasteiger partial charge >= 0.3 is 0 Å². The third-order valence-corrected chi connectivity index (χ3v) is 6.36. The summed E-state index contributed by atoms with van der Waals surface area (Å²) in [5.74, 6) is 0.545. The van der Waals surface area contributed by atoms with E-state index in [9.17, 15) is 4.39 Å². The van der Waals surface area contributed by atoms with E-state index in [1.54, 1.807) is 18.4 Å². The van der Waals surface area contributed by atoms with Gasteiger partial charge in [0.1, 0.15) is 5.82 Å². The van der Waals surface area contributed by atoms with Crippen molar-refractivity contribution < 1.29 is 9.13 Å². The summed E-state index contributed by atoms with van der Waals surface area (Å²) in [4.78, 5) is 10.3. The Hall–Kier alpha value is -2.00. The summed E-state index contributed by atoms with van der Waals surface area (Å²) in [7, 11) is 5.83. The first-order chi connectivity index (χ1) is 14.6. The van der Waals surface area contributed by atoms with Crippen molar-refractivity contribution in [3.8, 4) is 0 Å². The molecular formula is C22H32FN5OS. The van der Waals surface area contributed by atoms with Crippen LogP contribution >= 0.6 is 11.3 Å². The molecule has 2 N–H and O–H groups in total. The van der Waals surface area contributed by atoms with Gasteiger partial charge in [0.15, 0.2) is 5.96 Å². The molecule has 2 atom stereocenters. The fourth-order valence-electron chi connectivity index (χ4n) is 3.67. The third-order valence-electron chi connectivity index (χ3n) is 5.39. The second-order valence-electron chi connectivity index (χ2n) is 7.54. The van der Waals surface area contributed by atoms with Crippen molar-refractivity contribution >= 4 is 17.3 Å². The second-order valence-corrected chi connectivity index (χ2v) is 8.52. The normalized spacial score (nSPS) is 17.7. The Bertz CT molecular complexity index is 775. The molecule has 1 aliphatic rings. The second kappa shape index (κ2) is 11.4. The third kappa shape index (κ3) is 6.25. The van der Waals surface area contributed by atoms with Gasteiger partial charge in [-0.2, -0.15) is 0 Å². The zero-order valence-electron chi connectivity index (χ0n) is 18.0. The number of nitrogens with one attached hydrogen (secondary N) is 2. The topological polar surface area (TPSA) is 52.1 Å². The van der Waals surface area contributed by atoms with Crippen molar-refractivity contribution in [1.82, 2.24) is 20.4 Å². The standard InChI is InChI=1S/C22H32FN5OS/c1-24-22(25-15-19(27(2)3)17-6-8-18(23)9-7-17)26-16-20(21-5-4-14-30-21)28-10-12-29-13-11-28/h4-9,14,19-20H,10-13,15-16H2,1-3H3,(H2,24,25,26). The molecule has 2 heterocycles. The van der Waals surface area contributed by atoms with Crippen molar-refractivity contribution in [1.29, 1.82) is 0 Å². The predicted octanol–water partition coefficient (Wildman–Crippen LogP) is 2.73. The molecule has 2 aromatic rings. The Kier molecular flexibility index (Phi) is 8.62. The van der Waals surface area contributed by atoms with Gasteiger partial charge in [-0.15, -0.1) is 11.3 Å². The van der Waals surface area contributed by atoms with Crippen LogP contribution in [0.1, 0.15) is 22.5 Å². The first-order valence-corrected chi connectivity index (χ1v) is 11.2. The van der Waals surface area contributed by atoms with Crippen molar-refractivity contribution in [2.24, 2.45) is 4.99 Å². The summed E-state index contributed by atoms with van der Waals surface area (Å²) in [5.41, 5.74) is 1.06. The van der Waals surface area contributed by atoms with Crippen LogP contribution < -0.4 is 10.6 Å². The molecule has 0 spiro atoms. The number of rotatable bonds is 8. The van der Waals surface area contributed by atoms with Crippen LogP contribution in [0.2, 0.25) is 0 Å². The predicted molar refractivity (Wildman–Crippen MR) is 122 cm³/mol. The van der Waals surface area contributed by atoms with E-state index in [4.69, 9.17) is 4.74 Å². The number of ether oxygens (including phenoxy) is 1. The van der Waals surface area contributed by atoms with E-state index < -0.39 is 0 Å². The maximum Gasteiger partial charge on any atom is 0.191 e. The van der Waals surface area contributed by atoms with Gasteiger partial charge in [-0.25, -0.2) is 4.39 Å². The Labute approximate surface area is 182 Å². The van der Waals surface area contributed by atoms with E-state index in [0.717, 1.165) is 44.4 Å². The van der Waals surface area contributed by atoms with Gasteiger partial charge in [0.2, 0.25) is 0 Å². The molecule has 164 valence electrons. The minimum atomic E-state index is -0.218. The van der Waals surface area contributed by atoms with E-state index in [1.165, 1.54) is 17.0 Å². The minimum Gasteiger partial charge on any atom is -0.379 e. The Balaban J connectivity index is 1.60. The number of thiophene rings is 1. The highest BCUT2D eigenvalue weighted by molar-refractivity contribution is 7.10. The Morgan fingerprint density at radius 3 is 2.47 bits per heavy atom. The molecule has 8 heteroatoms. The quantitative estimate of drug-likeness (QED) is 0.495. The zero-order valence-corrected chi connectivity index (χ0v) is 18.8. The van der Waals surface area contributed by atoms with Crippen LogP contribution in [0.4, 0.5) is 4.39 Å². The summed E-state index contributed by atoms with van der Waals surface area (Å²) in [6.07, 6.45) is 0. The molecule has 2 unspecified atom stereocenters. The Morgan fingerprint density at radius 1 is 1.17 bits per heavy atom. The van der Waals surface area contributed by atoms with E-state index in [0.29, 0.717) is 6.54 Å². The van der Waals surface area contributed by atoms with Gasteiger partial charge in [-0.1, -0.05) is 18.2 Å². The van der Waals surface area contributed by atoms with Crippen LogP contribution in [0.25, 0.3) is 0 Å². The lowest BCUT2D eigenvalue weighted by Crippen LogP contribution is -2.47. The molecule has 1 aliphatic heterocycles. The van der Waals surface area contributed by atoms with Gasteiger partial charge in [0.05, 0.1) is 25.3 Å². The van der Waals surface area contributed by atoms with Crippen molar-refractivity contribution in [3.63, 3.8) is 0 Å². The first-order valence-electron chi connectivity index (χ1n) is 10.3. The average molecular weight is 434 g/mol. The molecule has 1 fully saturated rings. The highest BCUT2D eigenvalue weighted by Gasteiger charge is 2.24. The number of guanidine groups is 1. The number of likely N-dealkylation sites (N-methyl/N-ethyl adjacent to an activating group) is 1. The number of hydrogen-bond donors (Lipinski definition) is 2. The number of halogens is 1. The SMILES string of the molecule is CN=C(NCC(c1ccc(F)cc1)N(C)C)NCC(c1cccs1)N1CCOCC1. The van der Waals surface area contributed by atoms with E-state index >= 15 is 0 Å². The molecule has 0 amide bonds. The summed E-state index contributed by atoms with van der Waals surface area (Å²) in [6, 6.07) is 11.4. The van der Waals surface area contributed by atoms with Crippen LogP contribution in [0, 0.1) is 5.82 Å². The summed E-state index contributed by atoms with van der Waals surface area (Å²) >= 11 is 1.78. The number of benzene rings is 1. The molecule has 0 saturated carbocycles. The lowest BCUT2D eigenvalue weighted by molar-refractivity contribution is 0.0177. The number of hydrogen-bond acceptors (Lipinski definition) is 5. The highest BCUT2D eigenvalue weighted by atomic mass is 32.1. The molecule has 1 saturated heterocycles. The molecule has 6 nitrogen and oxygen atoms in total. The molecule has 0 aliphatic carbocycles. The van der Waals surface area contributed by atoms with Gasteiger partial charge in [0.25, 0.3) is 0 Å². The minimum absolute atomic E-state index is 0.108. The number of morpholine rings is 1. The zero-order chi connectivity index (χ0) is 21.3. The smallest absolute Gasteiger partial charge is 0.191 e. The van der Waals surface area contributed by atoms with Crippen molar-refractivity contribution in [3.05, 3.63) is 58.0 Å². The number of aliphatic imine (C=N–C) groups is 1. The Morgan fingerprint density at radius 2 is 1.87 bits per heavy atom.